The molecule has 3 rings (SSSR count). The van der Waals surface area contributed by atoms with Gasteiger partial charge in [0, 0.05) is 19.6 Å². The summed E-state index contributed by atoms with van der Waals surface area (Å²) in [4.78, 5) is 14.7. The van der Waals surface area contributed by atoms with Crippen LogP contribution in [0.4, 0.5) is 0 Å². The number of amides is 1. The van der Waals surface area contributed by atoms with E-state index in [2.05, 4.69) is 10.2 Å². The van der Waals surface area contributed by atoms with E-state index in [0.29, 0.717) is 12.0 Å². The number of hydrogen-bond donors (Lipinski definition) is 1. The fourth-order valence-corrected chi connectivity index (χ4v) is 4.05. The van der Waals surface area contributed by atoms with E-state index in [1.807, 2.05) is 0 Å². The molecule has 0 aromatic heterocycles. The maximum absolute atomic E-state index is 12.6. The third-order valence-corrected chi connectivity index (χ3v) is 5.11. The molecule has 2 saturated heterocycles. The van der Waals surface area contributed by atoms with Crippen LogP contribution in [0.2, 0.25) is 0 Å². The Morgan fingerprint density at radius 3 is 2.68 bits per heavy atom. The predicted octanol–water partition coefficient (Wildman–Crippen LogP) is 1.55. The molecule has 1 saturated carbocycles. The number of carbonyl (C=O) groups excluding carboxylic acids is 1. The maximum atomic E-state index is 12.6. The molecule has 1 spiro atoms. The van der Waals surface area contributed by atoms with E-state index >= 15 is 0 Å². The van der Waals surface area contributed by atoms with E-state index in [1.54, 1.807) is 0 Å². The van der Waals surface area contributed by atoms with E-state index in [1.165, 1.54) is 44.9 Å². The van der Waals surface area contributed by atoms with Gasteiger partial charge in [-0.3, -0.25) is 4.79 Å². The number of ether oxygens (including phenoxy) is 1. The zero-order chi connectivity index (χ0) is 13.1. The van der Waals surface area contributed by atoms with Crippen molar-refractivity contribution < 1.29 is 9.53 Å². The van der Waals surface area contributed by atoms with Gasteiger partial charge in [0.05, 0.1) is 13.2 Å². The van der Waals surface area contributed by atoms with Gasteiger partial charge in [0.15, 0.2) is 0 Å². The molecule has 0 bridgehead atoms. The molecule has 0 aromatic carbocycles. The van der Waals surface area contributed by atoms with Crippen molar-refractivity contribution in [2.45, 2.75) is 51.0 Å². The van der Waals surface area contributed by atoms with Crippen molar-refractivity contribution in [1.82, 2.24) is 10.2 Å². The van der Waals surface area contributed by atoms with Crippen molar-refractivity contribution in [2.75, 3.05) is 32.8 Å². The second kappa shape index (κ2) is 5.80. The Balaban J connectivity index is 1.62. The summed E-state index contributed by atoms with van der Waals surface area (Å²) in [7, 11) is 0. The van der Waals surface area contributed by atoms with Crippen molar-refractivity contribution in [3.8, 4) is 0 Å². The molecule has 1 amide bonds. The molecule has 108 valence electrons. The maximum Gasteiger partial charge on any atom is 0.242 e. The van der Waals surface area contributed by atoms with Crippen molar-refractivity contribution in [3.05, 3.63) is 0 Å². The Bertz CT molecular complexity index is 315. The molecule has 1 aliphatic carbocycles. The zero-order valence-electron chi connectivity index (χ0n) is 11.8. The standard InChI is InChI=1S/C15H26N2O2/c18-14(13-11-19-10-8-16-13)17-9-4-7-15(12-17)5-2-1-3-6-15/h13,16H,1-12H2. The number of piperidine rings is 1. The Hall–Kier alpha value is -0.610. The summed E-state index contributed by atoms with van der Waals surface area (Å²) in [6, 6.07) is -0.104. The summed E-state index contributed by atoms with van der Waals surface area (Å²) < 4.78 is 5.42. The second-order valence-electron chi connectivity index (χ2n) is 6.51. The fraction of sp³-hybridized carbons (Fsp3) is 0.933. The molecule has 19 heavy (non-hydrogen) atoms. The number of nitrogens with zero attached hydrogens (tertiary/aromatic N) is 1. The van der Waals surface area contributed by atoms with Crippen LogP contribution in [0.5, 0.6) is 0 Å². The minimum absolute atomic E-state index is 0.104. The van der Waals surface area contributed by atoms with Gasteiger partial charge < -0.3 is 15.0 Å². The summed E-state index contributed by atoms with van der Waals surface area (Å²) in [6.07, 6.45) is 9.24. The van der Waals surface area contributed by atoms with Gasteiger partial charge in [-0.2, -0.15) is 0 Å². The lowest BCUT2D eigenvalue weighted by Crippen LogP contribution is -2.56. The average molecular weight is 266 g/mol. The van der Waals surface area contributed by atoms with Gasteiger partial charge in [-0.15, -0.1) is 0 Å². The monoisotopic (exact) mass is 266 g/mol. The Kier molecular flexibility index (Phi) is 4.08. The van der Waals surface area contributed by atoms with Crippen molar-refractivity contribution in [1.29, 1.82) is 0 Å². The number of carbonyl (C=O) groups is 1. The normalized spacial score (nSPS) is 31.4. The first kappa shape index (κ1) is 13.4. The lowest BCUT2D eigenvalue weighted by Gasteiger charge is -2.46. The molecular formula is C15H26N2O2. The SMILES string of the molecule is O=C(C1COCCN1)N1CCCC2(CCCCC2)C1. The van der Waals surface area contributed by atoms with E-state index in [9.17, 15) is 4.79 Å². The minimum atomic E-state index is -0.104. The van der Waals surface area contributed by atoms with Crippen LogP contribution < -0.4 is 5.32 Å². The Morgan fingerprint density at radius 1 is 1.16 bits per heavy atom. The third-order valence-electron chi connectivity index (χ3n) is 5.11. The van der Waals surface area contributed by atoms with Crippen molar-refractivity contribution >= 4 is 5.91 Å². The van der Waals surface area contributed by atoms with E-state index in [-0.39, 0.29) is 11.9 Å². The van der Waals surface area contributed by atoms with Gasteiger partial charge in [-0.1, -0.05) is 19.3 Å². The molecule has 0 radical (unpaired) electrons. The van der Waals surface area contributed by atoms with Crippen LogP contribution in [-0.4, -0.2) is 49.7 Å². The van der Waals surface area contributed by atoms with Crippen LogP contribution >= 0.6 is 0 Å². The summed E-state index contributed by atoms with van der Waals surface area (Å²) in [5.41, 5.74) is 0.446. The molecule has 4 nitrogen and oxygen atoms in total. The van der Waals surface area contributed by atoms with Crippen LogP contribution in [-0.2, 0) is 9.53 Å². The molecule has 1 atom stereocenters. The number of rotatable bonds is 1. The van der Waals surface area contributed by atoms with Crippen LogP contribution in [0.3, 0.4) is 0 Å². The molecule has 2 heterocycles. The summed E-state index contributed by atoms with van der Waals surface area (Å²) >= 11 is 0. The highest BCUT2D eigenvalue weighted by molar-refractivity contribution is 5.82. The molecule has 4 heteroatoms. The van der Waals surface area contributed by atoms with E-state index in [4.69, 9.17) is 4.74 Å². The molecule has 3 aliphatic rings. The van der Waals surface area contributed by atoms with Gasteiger partial charge in [-0.05, 0) is 31.1 Å². The number of nitrogens with one attached hydrogen (secondary N) is 1. The second-order valence-corrected chi connectivity index (χ2v) is 6.51. The van der Waals surface area contributed by atoms with Crippen LogP contribution in [0.25, 0.3) is 0 Å². The fourth-order valence-electron chi connectivity index (χ4n) is 4.05. The molecular weight excluding hydrogens is 240 g/mol. The average Bonchev–Trinajstić information content (AvgIpc) is 2.48. The van der Waals surface area contributed by atoms with Crippen molar-refractivity contribution in [2.24, 2.45) is 5.41 Å². The lowest BCUT2D eigenvalue weighted by molar-refractivity contribution is -0.140. The predicted molar refractivity (Wildman–Crippen MR) is 73.9 cm³/mol. The topological polar surface area (TPSA) is 41.6 Å². The van der Waals surface area contributed by atoms with Gasteiger partial charge in [0.2, 0.25) is 5.91 Å². The summed E-state index contributed by atoms with van der Waals surface area (Å²) in [6.45, 7) is 4.01. The third kappa shape index (κ3) is 2.95. The first-order chi connectivity index (χ1) is 9.29. The van der Waals surface area contributed by atoms with Gasteiger partial charge in [0.1, 0.15) is 6.04 Å². The van der Waals surface area contributed by atoms with Gasteiger partial charge >= 0.3 is 0 Å². The number of likely N-dealkylation sites (tertiary alicyclic amines) is 1. The number of morpholine rings is 1. The first-order valence-corrected chi connectivity index (χ1v) is 7.89. The molecule has 1 N–H and O–H groups in total. The Morgan fingerprint density at radius 2 is 1.95 bits per heavy atom. The molecule has 3 fully saturated rings. The molecule has 0 aromatic rings. The summed E-state index contributed by atoms with van der Waals surface area (Å²) in [5.74, 6) is 0.268. The minimum Gasteiger partial charge on any atom is -0.378 e. The van der Waals surface area contributed by atoms with E-state index < -0.39 is 0 Å². The highest BCUT2D eigenvalue weighted by Gasteiger charge is 2.39. The number of hydrogen-bond acceptors (Lipinski definition) is 3. The smallest absolute Gasteiger partial charge is 0.242 e. The highest BCUT2D eigenvalue weighted by Crippen LogP contribution is 2.43. The zero-order valence-corrected chi connectivity index (χ0v) is 11.8. The van der Waals surface area contributed by atoms with Gasteiger partial charge in [0.25, 0.3) is 0 Å². The van der Waals surface area contributed by atoms with Crippen LogP contribution in [0, 0.1) is 5.41 Å². The van der Waals surface area contributed by atoms with Crippen molar-refractivity contribution in [3.63, 3.8) is 0 Å². The van der Waals surface area contributed by atoms with E-state index in [0.717, 1.165) is 26.2 Å². The molecule has 1 unspecified atom stereocenters. The quantitative estimate of drug-likeness (QED) is 0.783. The lowest BCUT2D eigenvalue weighted by atomic mass is 9.69. The molecule has 2 aliphatic heterocycles. The highest BCUT2D eigenvalue weighted by atomic mass is 16.5. The van der Waals surface area contributed by atoms with Gasteiger partial charge in [-0.25, -0.2) is 0 Å². The summed E-state index contributed by atoms with van der Waals surface area (Å²) in [5, 5.41) is 3.29. The van der Waals surface area contributed by atoms with Crippen LogP contribution in [0.15, 0.2) is 0 Å². The van der Waals surface area contributed by atoms with Crippen LogP contribution in [0.1, 0.15) is 44.9 Å². The first-order valence-electron chi connectivity index (χ1n) is 7.89. The largest absolute Gasteiger partial charge is 0.378 e. The Labute approximate surface area is 115 Å².